The summed E-state index contributed by atoms with van der Waals surface area (Å²) in [5.74, 6) is -0.289. The second-order valence-corrected chi connectivity index (χ2v) is 7.73. The molecule has 0 saturated heterocycles. The Hall–Kier alpha value is -3.14. The number of alkyl halides is 3. The Bertz CT molecular complexity index is 1200. The van der Waals surface area contributed by atoms with E-state index in [0.29, 0.717) is 23.3 Å². The van der Waals surface area contributed by atoms with Gasteiger partial charge in [0, 0.05) is 12.7 Å². The first-order valence-electron chi connectivity index (χ1n) is 9.24. The third-order valence-corrected chi connectivity index (χ3v) is 5.52. The topological polar surface area (TPSA) is 68.7 Å². The molecule has 2 aromatic carbocycles. The molecule has 156 valence electrons. The highest BCUT2D eigenvalue weighted by atomic mass is 32.1. The molecule has 6 nitrogen and oxygen atoms in total. The van der Waals surface area contributed by atoms with Crippen LogP contribution < -0.4 is 9.54 Å². The summed E-state index contributed by atoms with van der Waals surface area (Å²) in [6, 6.07) is 14.2. The van der Waals surface area contributed by atoms with E-state index in [0.717, 1.165) is 29.9 Å². The molecule has 1 N–H and O–H groups in total. The molecule has 0 unspecified atom stereocenters. The molecule has 4 rings (SSSR count). The Kier molecular flexibility index (Phi) is 5.58. The first-order valence-corrected chi connectivity index (χ1v) is 10.1. The van der Waals surface area contributed by atoms with E-state index in [4.69, 9.17) is 5.41 Å². The maximum Gasteiger partial charge on any atom is 0.573 e. The molecule has 0 bridgehead atoms. The lowest BCUT2D eigenvalue weighted by molar-refractivity contribution is -0.274. The number of halogens is 3. The van der Waals surface area contributed by atoms with Gasteiger partial charge in [0.2, 0.25) is 0 Å². The number of fused-ring (bicyclic) bond motifs is 1. The summed E-state index contributed by atoms with van der Waals surface area (Å²) in [7, 11) is 0. The number of hydrogen-bond acceptors (Lipinski definition) is 5. The molecule has 0 aliphatic carbocycles. The van der Waals surface area contributed by atoms with Crippen LogP contribution >= 0.6 is 11.3 Å². The van der Waals surface area contributed by atoms with Crippen molar-refractivity contribution in [1.82, 2.24) is 19.6 Å². The van der Waals surface area contributed by atoms with Crippen molar-refractivity contribution in [3.8, 4) is 5.75 Å². The third kappa shape index (κ3) is 4.88. The second kappa shape index (κ2) is 8.31. The van der Waals surface area contributed by atoms with Crippen LogP contribution in [-0.2, 0) is 25.9 Å². The maximum absolute atomic E-state index is 12.4. The Labute approximate surface area is 173 Å². The van der Waals surface area contributed by atoms with E-state index in [2.05, 4.69) is 27.2 Å². The van der Waals surface area contributed by atoms with Gasteiger partial charge in [-0.3, -0.25) is 10.1 Å². The van der Waals surface area contributed by atoms with Crippen LogP contribution in [0.2, 0.25) is 0 Å². The minimum Gasteiger partial charge on any atom is -0.406 e. The average molecular weight is 433 g/mol. The number of benzene rings is 2. The molecule has 0 aliphatic rings. The number of thiazole rings is 1. The summed E-state index contributed by atoms with van der Waals surface area (Å²) in [6.45, 7) is 0.960. The monoisotopic (exact) mass is 433 g/mol. The molecule has 0 atom stereocenters. The summed E-state index contributed by atoms with van der Waals surface area (Å²) in [6.07, 6.45) is -1.19. The first kappa shape index (κ1) is 20.1. The number of ether oxygens (including phenoxy) is 1. The fraction of sp³-hybridized carbons (Fsp3) is 0.250. The van der Waals surface area contributed by atoms with Crippen molar-refractivity contribution >= 4 is 21.6 Å². The molecule has 4 aromatic rings. The van der Waals surface area contributed by atoms with Crippen LogP contribution in [0.4, 0.5) is 13.2 Å². The molecular formula is C20H18F3N5OS. The van der Waals surface area contributed by atoms with Crippen LogP contribution in [0.15, 0.2) is 54.7 Å². The Morgan fingerprint density at radius 3 is 2.60 bits per heavy atom. The maximum atomic E-state index is 12.4. The molecule has 0 saturated carbocycles. The van der Waals surface area contributed by atoms with Crippen molar-refractivity contribution < 1.29 is 17.9 Å². The number of aromatic nitrogens is 4. The number of aryl methyl sites for hydroxylation is 4. The van der Waals surface area contributed by atoms with Crippen LogP contribution in [0.5, 0.6) is 5.75 Å². The van der Waals surface area contributed by atoms with Crippen LogP contribution in [0.25, 0.3) is 10.2 Å². The van der Waals surface area contributed by atoms with E-state index in [1.807, 2.05) is 24.4 Å². The zero-order chi connectivity index (χ0) is 21.1. The van der Waals surface area contributed by atoms with Gasteiger partial charge in [-0.1, -0.05) is 46.9 Å². The van der Waals surface area contributed by atoms with Gasteiger partial charge >= 0.3 is 6.36 Å². The van der Waals surface area contributed by atoms with Crippen molar-refractivity contribution in [2.45, 2.75) is 32.3 Å². The summed E-state index contributed by atoms with van der Waals surface area (Å²) >= 11 is 1.10. The molecule has 2 heterocycles. The lowest BCUT2D eigenvalue weighted by Crippen LogP contribution is -2.17. The minimum atomic E-state index is -4.74. The molecule has 0 amide bonds. The number of nitrogens with zero attached hydrogens (tertiary/aromatic N) is 4. The van der Waals surface area contributed by atoms with E-state index in [-0.39, 0.29) is 10.6 Å². The lowest BCUT2D eigenvalue weighted by Gasteiger charge is -2.09. The van der Waals surface area contributed by atoms with Gasteiger partial charge in [-0.15, -0.1) is 18.3 Å². The van der Waals surface area contributed by atoms with Crippen molar-refractivity contribution in [2.24, 2.45) is 0 Å². The summed E-state index contributed by atoms with van der Waals surface area (Å²) in [4.78, 5) is 0.249. The van der Waals surface area contributed by atoms with Crippen molar-refractivity contribution in [3.05, 3.63) is 70.8 Å². The average Bonchev–Trinajstić information content (AvgIpc) is 3.27. The molecule has 10 heteroatoms. The fourth-order valence-corrected chi connectivity index (χ4v) is 4.13. The van der Waals surface area contributed by atoms with Crippen molar-refractivity contribution in [2.75, 3.05) is 0 Å². The smallest absolute Gasteiger partial charge is 0.406 e. The summed E-state index contributed by atoms with van der Waals surface area (Å²) in [5.41, 5.74) is 2.81. The number of nitrogens with one attached hydrogen (secondary N) is 1. The molecule has 0 aliphatic heterocycles. The zero-order valence-electron chi connectivity index (χ0n) is 15.8. The normalized spacial score (nSPS) is 11.8. The predicted molar refractivity (Wildman–Crippen MR) is 106 cm³/mol. The number of rotatable bonds is 7. The van der Waals surface area contributed by atoms with Crippen LogP contribution in [0.3, 0.4) is 0 Å². The van der Waals surface area contributed by atoms with Crippen LogP contribution in [0, 0.1) is 5.41 Å². The zero-order valence-corrected chi connectivity index (χ0v) is 16.6. The van der Waals surface area contributed by atoms with E-state index < -0.39 is 6.36 Å². The van der Waals surface area contributed by atoms with Gasteiger partial charge in [-0.25, -0.2) is 0 Å². The van der Waals surface area contributed by atoms with Crippen LogP contribution in [-0.4, -0.2) is 25.9 Å². The van der Waals surface area contributed by atoms with E-state index >= 15 is 0 Å². The molecule has 30 heavy (non-hydrogen) atoms. The van der Waals surface area contributed by atoms with E-state index in [9.17, 15) is 13.2 Å². The highest BCUT2D eigenvalue weighted by molar-refractivity contribution is 7.16. The van der Waals surface area contributed by atoms with Gasteiger partial charge in [0.15, 0.2) is 4.80 Å². The van der Waals surface area contributed by atoms with Gasteiger partial charge in [0.25, 0.3) is 0 Å². The third-order valence-electron chi connectivity index (χ3n) is 4.56. The summed E-state index contributed by atoms with van der Waals surface area (Å²) < 4.78 is 45.2. The van der Waals surface area contributed by atoms with Gasteiger partial charge in [0.1, 0.15) is 5.75 Å². The van der Waals surface area contributed by atoms with Gasteiger partial charge in [0.05, 0.1) is 22.5 Å². The van der Waals surface area contributed by atoms with Crippen molar-refractivity contribution in [3.63, 3.8) is 0 Å². The molecule has 0 radical (unpaired) electrons. The quantitative estimate of drug-likeness (QED) is 0.476. The molecule has 2 aromatic heterocycles. The molecular weight excluding hydrogens is 415 g/mol. The molecule has 0 spiro atoms. The Morgan fingerprint density at radius 2 is 1.83 bits per heavy atom. The minimum absolute atomic E-state index is 0.249. The lowest BCUT2D eigenvalue weighted by atomic mass is 10.1. The van der Waals surface area contributed by atoms with Crippen LogP contribution in [0.1, 0.15) is 11.3 Å². The predicted octanol–water partition coefficient (Wildman–Crippen LogP) is 4.16. The van der Waals surface area contributed by atoms with Gasteiger partial charge in [-0.05, 0) is 36.6 Å². The van der Waals surface area contributed by atoms with E-state index in [1.165, 1.54) is 23.8 Å². The Morgan fingerprint density at radius 1 is 1.03 bits per heavy atom. The SMILES string of the molecule is N=c1sc2cc(OC(F)(F)F)ccc2n1CCn1cc(CCc2ccccc2)nn1. The van der Waals surface area contributed by atoms with Gasteiger partial charge in [-0.2, -0.15) is 0 Å². The number of hydrogen-bond donors (Lipinski definition) is 1. The van der Waals surface area contributed by atoms with Crippen molar-refractivity contribution in [1.29, 1.82) is 5.41 Å². The fourth-order valence-electron chi connectivity index (χ4n) is 3.17. The summed E-state index contributed by atoms with van der Waals surface area (Å²) in [5, 5.41) is 16.5. The van der Waals surface area contributed by atoms with E-state index in [1.54, 1.807) is 9.25 Å². The standard InChI is InChI=1S/C20H18F3N5OS/c21-20(22,23)29-16-8-9-17-18(12-16)30-19(24)28(17)11-10-27-13-15(25-26-27)7-6-14-4-2-1-3-5-14/h1-5,8-9,12-13,24H,6-7,10-11H2. The highest BCUT2D eigenvalue weighted by Crippen LogP contribution is 2.27. The Balaban J connectivity index is 1.42. The second-order valence-electron chi connectivity index (χ2n) is 6.69. The van der Waals surface area contributed by atoms with Gasteiger partial charge < -0.3 is 9.30 Å². The first-order chi connectivity index (χ1) is 14.4. The highest BCUT2D eigenvalue weighted by Gasteiger charge is 2.31. The largest absolute Gasteiger partial charge is 0.573 e. The molecule has 0 fully saturated rings.